The molecule has 0 aliphatic rings. The van der Waals surface area contributed by atoms with Crippen molar-refractivity contribution in [3.05, 3.63) is 24.0 Å². The van der Waals surface area contributed by atoms with Crippen LogP contribution in [0.15, 0.2) is 18.3 Å². The number of methoxy groups -OCH3 is 1. The number of hydrogen-bond acceptors (Lipinski definition) is 4. The number of nitrogens with zero attached hydrogens (tertiary/aromatic N) is 2. The van der Waals surface area contributed by atoms with E-state index in [9.17, 15) is 4.79 Å². The van der Waals surface area contributed by atoms with Gasteiger partial charge in [-0.05, 0) is 18.6 Å². The largest absolute Gasteiger partial charge is 0.397 e. The number of pyridine rings is 1. The molecule has 16 heavy (non-hydrogen) atoms. The zero-order chi connectivity index (χ0) is 12.0. The summed E-state index contributed by atoms with van der Waals surface area (Å²) in [5.41, 5.74) is 6.46. The number of nitrogen functional groups attached to an aromatic ring is 1. The molecule has 0 aliphatic carbocycles. The third kappa shape index (κ3) is 3.51. The second-order valence-corrected chi connectivity index (χ2v) is 3.55. The maximum atomic E-state index is 11.8. The first kappa shape index (κ1) is 12.4. The second kappa shape index (κ2) is 6.07. The molecule has 1 aromatic heterocycles. The summed E-state index contributed by atoms with van der Waals surface area (Å²) < 4.78 is 4.92. The van der Waals surface area contributed by atoms with E-state index in [4.69, 9.17) is 10.5 Å². The third-order valence-corrected chi connectivity index (χ3v) is 2.19. The van der Waals surface area contributed by atoms with Gasteiger partial charge in [-0.1, -0.05) is 0 Å². The van der Waals surface area contributed by atoms with E-state index in [0.29, 0.717) is 24.5 Å². The molecule has 0 aromatic carbocycles. The van der Waals surface area contributed by atoms with Crippen LogP contribution in [0.5, 0.6) is 0 Å². The normalized spacial score (nSPS) is 10.1. The van der Waals surface area contributed by atoms with Crippen molar-refractivity contribution in [2.75, 3.05) is 33.0 Å². The van der Waals surface area contributed by atoms with E-state index in [1.54, 1.807) is 31.2 Å². The van der Waals surface area contributed by atoms with Gasteiger partial charge in [-0.15, -0.1) is 0 Å². The van der Waals surface area contributed by atoms with Crippen LogP contribution in [0.2, 0.25) is 0 Å². The molecule has 0 fully saturated rings. The fraction of sp³-hybridized carbons (Fsp3) is 0.455. The number of amides is 1. The lowest BCUT2D eigenvalue weighted by Gasteiger charge is -2.16. The highest BCUT2D eigenvalue weighted by molar-refractivity contribution is 5.92. The molecule has 0 unspecified atom stereocenters. The molecule has 0 radical (unpaired) electrons. The van der Waals surface area contributed by atoms with Crippen molar-refractivity contribution in [2.45, 2.75) is 6.42 Å². The van der Waals surface area contributed by atoms with Crippen LogP contribution in [0.3, 0.4) is 0 Å². The number of carbonyl (C=O) groups excluding carboxylic acids is 1. The first-order valence-electron chi connectivity index (χ1n) is 5.11. The van der Waals surface area contributed by atoms with Crippen LogP contribution in [-0.4, -0.2) is 43.1 Å². The first-order chi connectivity index (χ1) is 7.65. The Morgan fingerprint density at radius 2 is 2.31 bits per heavy atom. The fourth-order valence-corrected chi connectivity index (χ4v) is 1.27. The quantitative estimate of drug-likeness (QED) is 0.749. The van der Waals surface area contributed by atoms with Crippen molar-refractivity contribution in [3.8, 4) is 0 Å². The molecule has 2 N–H and O–H groups in total. The van der Waals surface area contributed by atoms with Gasteiger partial charge >= 0.3 is 0 Å². The molecular weight excluding hydrogens is 206 g/mol. The lowest BCUT2D eigenvalue weighted by atomic mass is 10.3. The Kier molecular flexibility index (Phi) is 4.72. The Labute approximate surface area is 95.2 Å². The Hall–Kier alpha value is -1.62. The molecule has 1 amide bonds. The summed E-state index contributed by atoms with van der Waals surface area (Å²) in [5, 5.41) is 0. The average molecular weight is 223 g/mol. The molecule has 1 rings (SSSR count). The predicted octanol–water partition coefficient (Wildman–Crippen LogP) is 0.772. The van der Waals surface area contributed by atoms with Gasteiger partial charge in [0.25, 0.3) is 5.91 Å². The number of rotatable bonds is 5. The molecule has 5 heteroatoms. The predicted molar refractivity (Wildman–Crippen MR) is 62.1 cm³/mol. The number of aromatic nitrogens is 1. The summed E-state index contributed by atoms with van der Waals surface area (Å²) in [6.07, 6.45) is 2.30. The van der Waals surface area contributed by atoms with Crippen LogP contribution in [-0.2, 0) is 4.74 Å². The van der Waals surface area contributed by atoms with E-state index in [0.717, 1.165) is 6.42 Å². The monoisotopic (exact) mass is 223 g/mol. The summed E-state index contributed by atoms with van der Waals surface area (Å²) in [6, 6.07) is 3.30. The fourth-order valence-electron chi connectivity index (χ4n) is 1.27. The molecule has 0 atom stereocenters. The van der Waals surface area contributed by atoms with Crippen molar-refractivity contribution in [1.29, 1.82) is 0 Å². The zero-order valence-corrected chi connectivity index (χ0v) is 9.64. The second-order valence-electron chi connectivity index (χ2n) is 3.55. The van der Waals surface area contributed by atoms with Crippen molar-refractivity contribution < 1.29 is 9.53 Å². The summed E-state index contributed by atoms with van der Waals surface area (Å²) in [4.78, 5) is 17.4. The van der Waals surface area contributed by atoms with Gasteiger partial charge in [-0.2, -0.15) is 0 Å². The lowest BCUT2D eigenvalue weighted by Crippen LogP contribution is -2.29. The smallest absolute Gasteiger partial charge is 0.272 e. The van der Waals surface area contributed by atoms with E-state index >= 15 is 0 Å². The Balaban J connectivity index is 2.53. The Morgan fingerprint density at radius 3 is 2.88 bits per heavy atom. The van der Waals surface area contributed by atoms with Crippen molar-refractivity contribution >= 4 is 11.6 Å². The molecule has 88 valence electrons. The van der Waals surface area contributed by atoms with Crippen LogP contribution in [0.4, 0.5) is 5.69 Å². The van der Waals surface area contributed by atoms with E-state index in [-0.39, 0.29) is 5.91 Å². The summed E-state index contributed by atoms with van der Waals surface area (Å²) >= 11 is 0. The standard InChI is InChI=1S/C11H17N3O2/c1-14(6-3-7-16-2)11(15)10-5-4-9(12)8-13-10/h4-5,8H,3,6-7,12H2,1-2H3. The van der Waals surface area contributed by atoms with Gasteiger partial charge < -0.3 is 15.4 Å². The third-order valence-electron chi connectivity index (χ3n) is 2.19. The van der Waals surface area contributed by atoms with E-state index in [1.807, 2.05) is 0 Å². The number of ether oxygens (including phenoxy) is 1. The van der Waals surface area contributed by atoms with Crippen LogP contribution in [0.1, 0.15) is 16.9 Å². The number of carbonyl (C=O) groups is 1. The maximum absolute atomic E-state index is 11.8. The highest BCUT2D eigenvalue weighted by atomic mass is 16.5. The minimum Gasteiger partial charge on any atom is -0.397 e. The first-order valence-corrected chi connectivity index (χ1v) is 5.11. The molecule has 0 saturated heterocycles. The summed E-state index contributed by atoms with van der Waals surface area (Å²) in [5.74, 6) is -0.101. The van der Waals surface area contributed by atoms with Gasteiger partial charge in [0.2, 0.25) is 0 Å². The average Bonchev–Trinajstić information content (AvgIpc) is 2.29. The molecule has 5 nitrogen and oxygen atoms in total. The highest BCUT2D eigenvalue weighted by Gasteiger charge is 2.11. The molecular formula is C11H17N3O2. The topological polar surface area (TPSA) is 68.5 Å². The van der Waals surface area contributed by atoms with E-state index < -0.39 is 0 Å². The van der Waals surface area contributed by atoms with E-state index in [2.05, 4.69) is 4.98 Å². The van der Waals surface area contributed by atoms with Crippen molar-refractivity contribution in [1.82, 2.24) is 9.88 Å². The van der Waals surface area contributed by atoms with Crippen LogP contribution < -0.4 is 5.73 Å². The minimum absolute atomic E-state index is 0.101. The number of hydrogen-bond donors (Lipinski definition) is 1. The van der Waals surface area contributed by atoms with Crippen LogP contribution in [0, 0.1) is 0 Å². The summed E-state index contributed by atoms with van der Waals surface area (Å²) in [6.45, 7) is 1.30. The van der Waals surface area contributed by atoms with Gasteiger partial charge in [-0.25, -0.2) is 4.98 Å². The molecule has 0 spiro atoms. The highest BCUT2D eigenvalue weighted by Crippen LogP contribution is 2.04. The van der Waals surface area contributed by atoms with Gasteiger partial charge in [0.15, 0.2) is 0 Å². The van der Waals surface area contributed by atoms with Crippen LogP contribution in [0.25, 0.3) is 0 Å². The molecule has 1 aromatic rings. The number of nitrogens with two attached hydrogens (primary N) is 1. The van der Waals surface area contributed by atoms with E-state index in [1.165, 1.54) is 6.20 Å². The van der Waals surface area contributed by atoms with Crippen molar-refractivity contribution in [3.63, 3.8) is 0 Å². The molecule has 0 bridgehead atoms. The number of anilines is 1. The van der Waals surface area contributed by atoms with Gasteiger partial charge in [0.05, 0.1) is 11.9 Å². The summed E-state index contributed by atoms with van der Waals surface area (Å²) in [7, 11) is 3.39. The Morgan fingerprint density at radius 1 is 1.56 bits per heavy atom. The molecule has 1 heterocycles. The lowest BCUT2D eigenvalue weighted by molar-refractivity contribution is 0.0773. The SMILES string of the molecule is COCCCN(C)C(=O)c1ccc(N)cn1. The molecule has 0 saturated carbocycles. The Bertz CT molecular complexity index is 338. The zero-order valence-electron chi connectivity index (χ0n) is 9.64. The minimum atomic E-state index is -0.101. The molecule has 0 aliphatic heterocycles. The van der Waals surface area contributed by atoms with Gasteiger partial charge in [-0.3, -0.25) is 4.79 Å². The maximum Gasteiger partial charge on any atom is 0.272 e. The van der Waals surface area contributed by atoms with Gasteiger partial charge in [0.1, 0.15) is 5.69 Å². The van der Waals surface area contributed by atoms with Gasteiger partial charge in [0, 0.05) is 27.3 Å². The van der Waals surface area contributed by atoms with Crippen molar-refractivity contribution in [2.24, 2.45) is 0 Å². The van der Waals surface area contributed by atoms with Crippen LogP contribution >= 0.6 is 0 Å².